The van der Waals surface area contributed by atoms with Gasteiger partial charge in [-0.1, -0.05) is 39.0 Å². The van der Waals surface area contributed by atoms with Crippen LogP contribution < -0.4 is 5.32 Å². The van der Waals surface area contributed by atoms with E-state index in [1.165, 1.54) is 27.8 Å². The van der Waals surface area contributed by atoms with Crippen LogP contribution in [0.3, 0.4) is 0 Å². The van der Waals surface area contributed by atoms with E-state index < -0.39 is 0 Å². The van der Waals surface area contributed by atoms with Crippen LogP contribution in [0.15, 0.2) is 30.3 Å². The second-order valence-electron chi connectivity index (χ2n) is 6.13. The first-order valence-electron chi connectivity index (χ1n) is 6.65. The van der Waals surface area contributed by atoms with Crippen molar-refractivity contribution < 1.29 is 0 Å². The van der Waals surface area contributed by atoms with Crippen molar-refractivity contribution in [2.75, 3.05) is 7.05 Å². The zero-order chi connectivity index (χ0) is 13.2. The molecule has 1 nitrogen and oxygen atoms in total. The smallest absolute Gasteiger partial charge is 0.0412 e. The summed E-state index contributed by atoms with van der Waals surface area (Å²) in [5.74, 6) is 0. The Balaban J connectivity index is 2.16. The minimum absolute atomic E-state index is 0.409. The van der Waals surface area contributed by atoms with Gasteiger partial charge in [0.1, 0.15) is 0 Å². The van der Waals surface area contributed by atoms with Crippen molar-refractivity contribution in [3.05, 3.63) is 35.2 Å². The normalized spacial score (nSPS) is 14.0. The maximum atomic E-state index is 3.46. The number of hydrogen-bond acceptors (Lipinski definition) is 2. The maximum absolute atomic E-state index is 3.46. The SMILES string of the molecule is CNC(CCC(C)(C)C)c1cc2ccccc2s1. The Labute approximate surface area is 114 Å². The molecule has 0 spiro atoms. The molecule has 2 aromatic rings. The van der Waals surface area contributed by atoms with Gasteiger partial charge in [0.25, 0.3) is 0 Å². The number of hydrogen-bond donors (Lipinski definition) is 1. The average Bonchev–Trinajstić information content (AvgIpc) is 2.71. The van der Waals surface area contributed by atoms with Crippen LogP contribution in [0.2, 0.25) is 0 Å². The summed E-state index contributed by atoms with van der Waals surface area (Å²) >= 11 is 1.92. The van der Waals surface area contributed by atoms with Gasteiger partial charge >= 0.3 is 0 Å². The Kier molecular flexibility index (Phi) is 4.08. The third-order valence-electron chi connectivity index (χ3n) is 3.32. The second-order valence-corrected chi connectivity index (χ2v) is 7.24. The van der Waals surface area contributed by atoms with Gasteiger partial charge in [0, 0.05) is 15.6 Å². The van der Waals surface area contributed by atoms with E-state index in [1.54, 1.807) is 0 Å². The fourth-order valence-electron chi connectivity index (χ4n) is 2.18. The fourth-order valence-corrected chi connectivity index (χ4v) is 3.39. The summed E-state index contributed by atoms with van der Waals surface area (Å²) in [6, 6.07) is 11.5. The van der Waals surface area contributed by atoms with Crippen molar-refractivity contribution in [3.8, 4) is 0 Å². The van der Waals surface area contributed by atoms with Gasteiger partial charge in [-0.15, -0.1) is 11.3 Å². The van der Waals surface area contributed by atoms with Gasteiger partial charge in [-0.05, 0) is 42.8 Å². The first-order valence-corrected chi connectivity index (χ1v) is 7.47. The summed E-state index contributed by atoms with van der Waals surface area (Å²) in [5.41, 5.74) is 0.409. The Morgan fingerprint density at radius 1 is 1.22 bits per heavy atom. The van der Waals surface area contributed by atoms with E-state index >= 15 is 0 Å². The lowest BCUT2D eigenvalue weighted by atomic mass is 9.88. The molecule has 0 radical (unpaired) electrons. The summed E-state index contributed by atoms with van der Waals surface area (Å²) in [6.45, 7) is 6.93. The molecule has 0 saturated carbocycles. The third kappa shape index (κ3) is 3.33. The molecule has 0 amide bonds. The Bertz CT molecular complexity index is 474. The lowest BCUT2D eigenvalue weighted by Crippen LogP contribution is -2.17. The Morgan fingerprint density at radius 2 is 1.94 bits per heavy atom. The first kappa shape index (κ1) is 13.6. The third-order valence-corrected chi connectivity index (χ3v) is 4.55. The summed E-state index contributed by atoms with van der Waals surface area (Å²) < 4.78 is 1.39. The van der Waals surface area contributed by atoms with Crippen LogP contribution in [0.1, 0.15) is 44.5 Å². The Hall–Kier alpha value is -0.860. The van der Waals surface area contributed by atoms with E-state index in [-0.39, 0.29) is 0 Å². The van der Waals surface area contributed by atoms with Crippen LogP contribution in [-0.4, -0.2) is 7.05 Å². The molecule has 0 saturated heterocycles. The molecule has 1 aromatic carbocycles. The number of fused-ring (bicyclic) bond motifs is 1. The topological polar surface area (TPSA) is 12.0 Å². The zero-order valence-electron chi connectivity index (χ0n) is 11.8. The van der Waals surface area contributed by atoms with Gasteiger partial charge in [0.05, 0.1) is 0 Å². The molecule has 1 aromatic heterocycles. The molecule has 0 aliphatic carbocycles. The molecule has 2 rings (SSSR count). The first-order chi connectivity index (χ1) is 8.49. The molecular weight excluding hydrogens is 238 g/mol. The highest BCUT2D eigenvalue weighted by Gasteiger charge is 2.17. The van der Waals surface area contributed by atoms with Gasteiger partial charge in [-0.25, -0.2) is 0 Å². The van der Waals surface area contributed by atoms with Crippen LogP contribution in [0.25, 0.3) is 10.1 Å². The summed E-state index contributed by atoms with van der Waals surface area (Å²) in [7, 11) is 2.07. The van der Waals surface area contributed by atoms with E-state index in [4.69, 9.17) is 0 Å². The molecule has 98 valence electrons. The van der Waals surface area contributed by atoms with Crippen molar-refractivity contribution in [1.29, 1.82) is 0 Å². The van der Waals surface area contributed by atoms with E-state index in [0.29, 0.717) is 11.5 Å². The summed E-state index contributed by atoms with van der Waals surface area (Å²) in [6.07, 6.45) is 2.44. The van der Waals surface area contributed by atoms with Crippen LogP contribution in [0.4, 0.5) is 0 Å². The van der Waals surface area contributed by atoms with Crippen molar-refractivity contribution in [1.82, 2.24) is 5.32 Å². The summed E-state index contributed by atoms with van der Waals surface area (Å²) in [5, 5.41) is 4.83. The number of thiophene rings is 1. The van der Waals surface area contributed by atoms with Crippen molar-refractivity contribution in [2.24, 2.45) is 5.41 Å². The van der Waals surface area contributed by atoms with E-state index in [9.17, 15) is 0 Å². The molecule has 1 atom stereocenters. The molecule has 0 aliphatic rings. The molecule has 0 fully saturated rings. The maximum Gasteiger partial charge on any atom is 0.0412 e. The standard InChI is InChI=1S/C16H23NS/c1-16(2,3)10-9-13(17-4)15-11-12-7-5-6-8-14(12)18-15/h5-8,11,13,17H,9-10H2,1-4H3. The van der Waals surface area contributed by atoms with Crippen LogP contribution >= 0.6 is 11.3 Å². The highest BCUT2D eigenvalue weighted by atomic mass is 32.1. The van der Waals surface area contributed by atoms with Crippen molar-refractivity contribution in [2.45, 2.75) is 39.7 Å². The monoisotopic (exact) mass is 261 g/mol. The lowest BCUT2D eigenvalue weighted by molar-refractivity contribution is 0.339. The number of benzene rings is 1. The number of rotatable bonds is 4. The van der Waals surface area contributed by atoms with E-state index in [2.05, 4.69) is 63.5 Å². The molecule has 1 heterocycles. The predicted octanol–water partition coefficient (Wildman–Crippen LogP) is 4.99. The highest BCUT2D eigenvalue weighted by Crippen LogP contribution is 2.33. The molecule has 1 N–H and O–H groups in total. The van der Waals surface area contributed by atoms with Crippen molar-refractivity contribution in [3.63, 3.8) is 0 Å². The second kappa shape index (κ2) is 5.41. The summed E-state index contributed by atoms with van der Waals surface area (Å²) in [4.78, 5) is 1.46. The largest absolute Gasteiger partial charge is 0.312 e. The van der Waals surface area contributed by atoms with Crippen LogP contribution in [-0.2, 0) is 0 Å². The van der Waals surface area contributed by atoms with Gasteiger partial charge in [-0.2, -0.15) is 0 Å². The fraction of sp³-hybridized carbons (Fsp3) is 0.500. The average molecular weight is 261 g/mol. The Morgan fingerprint density at radius 3 is 2.56 bits per heavy atom. The molecule has 0 bridgehead atoms. The van der Waals surface area contributed by atoms with Crippen molar-refractivity contribution >= 4 is 21.4 Å². The lowest BCUT2D eigenvalue weighted by Gasteiger charge is -2.22. The minimum Gasteiger partial charge on any atom is -0.312 e. The molecule has 18 heavy (non-hydrogen) atoms. The molecule has 1 unspecified atom stereocenters. The number of nitrogens with one attached hydrogen (secondary N) is 1. The quantitative estimate of drug-likeness (QED) is 0.817. The minimum atomic E-state index is 0.409. The molecular formula is C16H23NS. The van der Waals surface area contributed by atoms with Gasteiger partial charge in [0.2, 0.25) is 0 Å². The van der Waals surface area contributed by atoms with Gasteiger partial charge in [0.15, 0.2) is 0 Å². The zero-order valence-corrected chi connectivity index (χ0v) is 12.6. The van der Waals surface area contributed by atoms with Crippen LogP contribution in [0.5, 0.6) is 0 Å². The van der Waals surface area contributed by atoms with E-state index in [0.717, 1.165) is 0 Å². The molecule has 0 aliphatic heterocycles. The predicted molar refractivity (Wildman–Crippen MR) is 82.3 cm³/mol. The molecule has 2 heteroatoms. The van der Waals surface area contributed by atoms with E-state index in [1.807, 2.05) is 11.3 Å². The van der Waals surface area contributed by atoms with Gasteiger partial charge < -0.3 is 5.32 Å². The van der Waals surface area contributed by atoms with Gasteiger partial charge in [-0.3, -0.25) is 0 Å². The highest BCUT2D eigenvalue weighted by molar-refractivity contribution is 7.19. The van der Waals surface area contributed by atoms with Crippen LogP contribution in [0, 0.1) is 5.41 Å².